The van der Waals surface area contributed by atoms with Gasteiger partial charge in [-0.1, -0.05) is 17.4 Å². The standard InChI is InChI=1S/C20H25F2N3O2S/c1-13-3-4-15(27-2)16-17(13)28-19(23-16)25-9-5-14(6-10-25)18(26)24-11-7-20(21,22)8-12-24/h3-4,14H,5-12H2,1-2H3. The highest BCUT2D eigenvalue weighted by molar-refractivity contribution is 7.22. The molecule has 0 unspecified atom stereocenters. The molecule has 0 saturated carbocycles. The maximum absolute atomic E-state index is 13.3. The average Bonchev–Trinajstić information content (AvgIpc) is 3.14. The summed E-state index contributed by atoms with van der Waals surface area (Å²) in [6, 6.07) is 3.98. The van der Waals surface area contributed by atoms with Crippen molar-refractivity contribution in [2.24, 2.45) is 5.92 Å². The van der Waals surface area contributed by atoms with Gasteiger partial charge in [-0.15, -0.1) is 0 Å². The molecule has 0 N–H and O–H groups in total. The zero-order valence-electron chi connectivity index (χ0n) is 16.2. The minimum atomic E-state index is -2.62. The largest absolute Gasteiger partial charge is 0.494 e. The topological polar surface area (TPSA) is 45.7 Å². The molecular formula is C20H25F2N3O2S. The second-order valence-electron chi connectivity index (χ2n) is 7.70. The molecular weight excluding hydrogens is 384 g/mol. The molecule has 1 aromatic carbocycles. The quantitative estimate of drug-likeness (QED) is 0.766. The molecule has 2 aromatic rings. The molecule has 0 radical (unpaired) electrons. The number of rotatable bonds is 3. The Labute approximate surface area is 167 Å². The third-order valence-electron chi connectivity index (χ3n) is 5.83. The van der Waals surface area contributed by atoms with Crippen molar-refractivity contribution in [3.05, 3.63) is 17.7 Å². The molecule has 152 valence electrons. The van der Waals surface area contributed by atoms with Crippen LogP contribution in [0, 0.1) is 12.8 Å². The fourth-order valence-corrected chi connectivity index (χ4v) is 5.13. The summed E-state index contributed by atoms with van der Waals surface area (Å²) in [6.07, 6.45) is 1.03. The Bertz CT molecular complexity index is 868. The Balaban J connectivity index is 1.41. The van der Waals surface area contributed by atoms with E-state index in [1.165, 1.54) is 5.56 Å². The third-order valence-corrected chi connectivity index (χ3v) is 7.08. The maximum atomic E-state index is 13.3. The van der Waals surface area contributed by atoms with Crippen LogP contribution in [0.1, 0.15) is 31.2 Å². The molecule has 0 atom stereocenters. The molecule has 0 spiro atoms. The molecule has 2 aliphatic rings. The predicted molar refractivity (Wildman–Crippen MR) is 107 cm³/mol. The Hall–Kier alpha value is -1.96. The van der Waals surface area contributed by atoms with Gasteiger partial charge in [0.15, 0.2) is 5.13 Å². The number of ether oxygens (including phenoxy) is 1. The number of carbonyl (C=O) groups excluding carboxylic acids is 1. The van der Waals surface area contributed by atoms with Crippen LogP contribution < -0.4 is 9.64 Å². The lowest BCUT2D eigenvalue weighted by molar-refractivity contribution is -0.142. The Morgan fingerprint density at radius 2 is 1.89 bits per heavy atom. The summed E-state index contributed by atoms with van der Waals surface area (Å²) >= 11 is 1.65. The van der Waals surface area contributed by atoms with Gasteiger partial charge in [0.2, 0.25) is 5.91 Å². The van der Waals surface area contributed by atoms with Gasteiger partial charge in [0, 0.05) is 44.9 Å². The highest BCUT2D eigenvalue weighted by Crippen LogP contribution is 2.38. The molecule has 1 amide bonds. The number of benzene rings is 1. The summed E-state index contributed by atoms with van der Waals surface area (Å²) in [5.74, 6) is -1.88. The van der Waals surface area contributed by atoms with E-state index in [9.17, 15) is 13.6 Å². The highest BCUT2D eigenvalue weighted by Gasteiger charge is 2.38. The number of aromatic nitrogens is 1. The van der Waals surface area contributed by atoms with Crippen LogP contribution in [-0.2, 0) is 4.79 Å². The summed E-state index contributed by atoms with van der Waals surface area (Å²) in [5.41, 5.74) is 2.06. The molecule has 28 heavy (non-hydrogen) atoms. The molecule has 3 heterocycles. The lowest BCUT2D eigenvalue weighted by Crippen LogP contribution is -2.47. The van der Waals surface area contributed by atoms with Crippen molar-refractivity contribution in [1.82, 2.24) is 9.88 Å². The van der Waals surface area contributed by atoms with Crippen LogP contribution in [0.4, 0.5) is 13.9 Å². The fraction of sp³-hybridized carbons (Fsp3) is 0.600. The first-order valence-corrected chi connectivity index (χ1v) is 10.6. The van der Waals surface area contributed by atoms with E-state index in [4.69, 9.17) is 9.72 Å². The summed E-state index contributed by atoms with van der Waals surface area (Å²) in [7, 11) is 1.65. The molecule has 2 saturated heterocycles. The molecule has 4 rings (SSSR count). The van der Waals surface area contributed by atoms with Crippen LogP contribution in [-0.4, -0.2) is 55.0 Å². The first-order chi connectivity index (χ1) is 13.4. The fourth-order valence-electron chi connectivity index (χ4n) is 4.03. The lowest BCUT2D eigenvalue weighted by Gasteiger charge is -2.37. The van der Waals surface area contributed by atoms with Gasteiger partial charge in [-0.2, -0.15) is 0 Å². The monoisotopic (exact) mass is 409 g/mol. The van der Waals surface area contributed by atoms with Gasteiger partial charge in [-0.05, 0) is 31.4 Å². The number of alkyl halides is 2. The normalized spacial score (nSPS) is 20.6. The smallest absolute Gasteiger partial charge is 0.251 e. The van der Waals surface area contributed by atoms with Crippen LogP contribution in [0.2, 0.25) is 0 Å². The number of piperidine rings is 2. The number of aryl methyl sites for hydroxylation is 1. The number of nitrogens with zero attached hydrogens (tertiary/aromatic N) is 3. The number of likely N-dealkylation sites (tertiary alicyclic amines) is 1. The van der Waals surface area contributed by atoms with Gasteiger partial charge in [0.25, 0.3) is 5.92 Å². The second kappa shape index (κ2) is 7.46. The Kier molecular flexibility index (Phi) is 5.16. The number of carbonyl (C=O) groups is 1. The average molecular weight is 410 g/mol. The van der Waals surface area contributed by atoms with Crippen molar-refractivity contribution >= 4 is 32.6 Å². The van der Waals surface area contributed by atoms with Gasteiger partial charge >= 0.3 is 0 Å². The van der Waals surface area contributed by atoms with Crippen LogP contribution >= 0.6 is 11.3 Å². The van der Waals surface area contributed by atoms with E-state index in [0.29, 0.717) is 0 Å². The zero-order chi connectivity index (χ0) is 19.9. The predicted octanol–water partition coefficient (Wildman–Crippen LogP) is 4.09. The van der Waals surface area contributed by atoms with Gasteiger partial charge in [-0.3, -0.25) is 4.79 Å². The van der Waals surface area contributed by atoms with Gasteiger partial charge in [0.05, 0.1) is 11.8 Å². The molecule has 5 nitrogen and oxygen atoms in total. The Morgan fingerprint density at radius 1 is 1.21 bits per heavy atom. The summed E-state index contributed by atoms with van der Waals surface area (Å²) in [5, 5.41) is 0.950. The van der Waals surface area contributed by atoms with Crippen molar-refractivity contribution in [1.29, 1.82) is 0 Å². The van der Waals surface area contributed by atoms with E-state index in [1.807, 2.05) is 12.1 Å². The summed E-state index contributed by atoms with van der Waals surface area (Å²) in [4.78, 5) is 21.3. The van der Waals surface area contributed by atoms with Crippen molar-refractivity contribution in [3.8, 4) is 5.75 Å². The molecule has 1 aromatic heterocycles. The number of methoxy groups -OCH3 is 1. The first kappa shape index (κ1) is 19.4. The number of hydrogen-bond acceptors (Lipinski definition) is 5. The van der Waals surface area contributed by atoms with Crippen LogP contribution in [0.3, 0.4) is 0 Å². The number of halogens is 2. The van der Waals surface area contributed by atoms with E-state index in [2.05, 4.69) is 11.8 Å². The lowest BCUT2D eigenvalue weighted by atomic mass is 9.94. The number of thiazole rings is 1. The second-order valence-corrected chi connectivity index (χ2v) is 8.68. The van der Waals surface area contributed by atoms with Crippen LogP contribution in [0.25, 0.3) is 10.2 Å². The SMILES string of the molecule is COc1ccc(C)c2sc(N3CCC(C(=O)N4CCC(F)(F)CC4)CC3)nc12. The van der Waals surface area contributed by atoms with E-state index >= 15 is 0 Å². The number of fused-ring (bicyclic) bond motifs is 1. The van der Waals surface area contributed by atoms with Crippen molar-refractivity contribution in [2.45, 2.75) is 38.5 Å². The summed E-state index contributed by atoms with van der Waals surface area (Å²) in [6.45, 7) is 3.91. The van der Waals surface area contributed by atoms with Crippen molar-refractivity contribution < 1.29 is 18.3 Å². The minimum Gasteiger partial charge on any atom is -0.494 e. The van der Waals surface area contributed by atoms with Crippen molar-refractivity contribution in [2.75, 3.05) is 38.2 Å². The van der Waals surface area contributed by atoms with Gasteiger partial charge < -0.3 is 14.5 Å². The van der Waals surface area contributed by atoms with E-state index < -0.39 is 5.92 Å². The number of amides is 1. The molecule has 8 heteroatoms. The van der Waals surface area contributed by atoms with Crippen LogP contribution in [0.5, 0.6) is 5.75 Å². The van der Waals surface area contributed by atoms with E-state index in [1.54, 1.807) is 23.3 Å². The van der Waals surface area contributed by atoms with E-state index in [0.717, 1.165) is 47.0 Å². The van der Waals surface area contributed by atoms with Crippen LogP contribution in [0.15, 0.2) is 12.1 Å². The maximum Gasteiger partial charge on any atom is 0.251 e. The van der Waals surface area contributed by atoms with E-state index in [-0.39, 0.29) is 37.8 Å². The van der Waals surface area contributed by atoms with Gasteiger partial charge in [-0.25, -0.2) is 13.8 Å². The molecule has 2 fully saturated rings. The van der Waals surface area contributed by atoms with Gasteiger partial charge in [0.1, 0.15) is 11.3 Å². The Morgan fingerprint density at radius 3 is 2.54 bits per heavy atom. The molecule has 0 aliphatic carbocycles. The minimum absolute atomic E-state index is 0.0389. The zero-order valence-corrected chi connectivity index (χ0v) is 17.0. The number of anilines is 1. The molecule has 0 bridgehead atoms. The number of hydrogen-bond donors (Lipinski definition) is 0. The molecule has 2 aliphatic heterocycles. The van der Waals surface area contributed by atoms with Crippen molar-refractivity contribution in [3.63, 3.8) is 0 Å². The third kappa shape index (κ3) is 3.66. The summed E-state index contributed by atoms with van der Waals surface area (Å²) < 4.78 is 33.2. The first-order valence-electron chi connectivity index (χ1n) is 9.74. The highest BCUT2D eigenvalue weighted by atomic mass is 32.1.